The second kappa shape index (κ2) is 10.5. The standard InChI is InChI=1S/C24H20ClFN4O2S/c1-16-11-12-20(18(25)13-16)27-23(31)15-33-24-29-28-22(30(24)17-7-3-2-4-8-17)14-32-21-10-6-5-9-19(21)26/h2-13H,14-15H2,1H3,(H,27,31). The number of anilines is 1. The van der Waals surface area contributed by atoms with Gasteiger partial charge in [-0.1, -0.05) is 59.8 Å². The lowest BCUT2D eigenvalue weighted by atomic mass is 10.2. The van der Waals surface area contributed by atoms with Gasteiger partial charge >= 0.3 is 0 Å². The van der Waals surface area contributed by atoms with Crippen molar-refractivity contribution in [2.45, 2.75) is 18.7 Å². The number of rotatable bonds is 8. The molecule has 0 fully saturated rings. The van der Waals surface area contributed by atoms with Gasteiger partial charge in [-0.05, 0) is 48.9 Å². The maximum Gasteiger partial charge on any atom is 0.234 e. The normalized spacial score (nSPS) is 10.8. The van der Waals surface area contributed by atoms with E-state index >= 15 is 0 Å². The van der Waals surface area contributed by atoms with Gasteiger partial charge in [0.2, 0.25) is 5.91 Å². The highest BCUT2D eigenvalue weighted by atomic mass is 35.5. The van der Waals surface area contributed by atoms with E-state index in [4.69, 9.17) is 16.3 Å². The summed E-state index contributed by atoms with van der Waals surface area (Å²) in [5.41, 5.74) is 2.36. The van der Waals surface area contributed by atoms with Gasteiger partial charge in [-0.3, -0.25) is 9.36 Å². The average molecular weight is 483 g/mol. The number of hydrogen-bond acceptors (Lipinski definition) is 5. The molecular weight excluding hydrogens is 463 g/mol. The van der Waals surface area contributed by atoms with Crippen LogP contribution in [0.5, 0.6) is 5.75 Å². The lowest BCUT2D eigenvalue weighted by molar-refractivity contribution is -0.113. The van der Waals surface area contributed by atoms with Gasteiger partial charge in [0.15, 0.2) is 22.5 Å². The molecule has 168 valence electrons. The van der Waals surface area contributed by atoms with E-state index in [9.17, 15) is 9.18 Å². The smallest absolute Gasteiger partial charge is 0.234 e. The Balaban J connectivity index is 1.50. The fourth-order valence-corrected chi connectivity index (χ4v) is 4.12. The first-order valence-electron chi connectivity index (χ1n) is 10.1. The fraction of sp³-hybridized carbons (Fsp3) is 0.125. The van der Waals surface area contributed by atoms with E-state index < -0.39 is 5.82 Å². The molecule has 1 aromatic heterocycles. The van der Waals surface area contributed by atoms with Crippen LogP contribution in [0.4, 0.5) is 10.1 Å². The SMILES string of the molecule is Cc1ccc(NC(=O)CSc2nnc(COc3ccccc3F)n2-c2ccccc2)c(Cl)c1. The molecule has 1 N–H and O–H groups in total. The molecular formula is C24H20ClFN4O2S. The van der Waals surface area contributed by atoms with E-state index in [0.717, 1.165) is 11.3 Å². The molecule has 0 aliphatic rings. The monoisotopic (exact) mass is 482 g/mol. The second-order valence-corrected chi connectivity index (χ2v) is 8.46. The Morgan fingerprint density at radius 3 is 2.61 bits per heavy atom. The van der Waals surface area contributed by atoms with E-state index in [1.165, 1.54) is 17.8 Å². The molecule has 1 heterocycles. The van der Waals surface area contributed by atoms with Crippen molar-refractivity contribution < 1.29 is 13.9 Å². The Hall–Kier alpha value is -3.36. The zero-order chi connectivity index (χ0) is 23.2. The van der Waals surface area contributed by atoms with Crippen LogP contribution in [0.1, 0.15) is 11.4 Å². The van der Waals surface area contributed by atoms with Gasteiger partial charge in [-0.15, -0.1) is 10.2 Å². The van der Waals surface area contributed by atoms with Crippen LogP contribution in [-0.2, 0) is 11.4 Å². The van der Waals surface area contributed by atoms with Crippen molar-refractivity contribution in [3.8, 4) is 11.4 Å². The highest BCUT2D eigenvalue weighted by Gasteiger charge is 2.17. The number of amides is 1. The van der Waals surface area contributed by atoms with Crippen molar-refractivity contribution >= 4 is 35.0 Å². The lowest BCUT2D eigenvalue weighted by Gasteiger charge is -2.12. The summed E-state index contributed by atoms with van der Waals surface area (Å²) in [6, 6.07) is 21.1. The summed E-state index contributed by atoms with van der Waals surface area (Å²) in [5.74, 6) is 0.0306. The third-order valence-electron chi connectivity index (χ3n) is 4.64. The predicted molar refractivity (Wildman–Crippen MR) is 128 cm³/mol. The minimum absolute atomic E-state index is 0.00849. The molecule has 33 heavy (non-hydrogen) atoms. The first kappa shape index (κ1) is 22.8. The van der Waals surface area contributed by atoms with E-state index in [-0.39, 0.29) is 24.0 Å². The number of para-hydroxylation sites is 2. The fourth-order valence-electron chi connectivity index (χ4n) is 3.07. The van der Waals surface area contributed by atoms with Crippen molar-refractivity contribution in [2.75, 3.05) is 11.1 Å². The minimum Gasteiger partial charge on any atom is -0.483 e. The summed E-state index contributed by atoms with van der Waals surface area (Å²) < 4.78 is 21.3. The van der Waals surface area contributed by atoms with E-state index in [1.54, 1.807) is 34.9 Å². The highest BCUT2D eigenvalue weighted by molar-refractivity contribution is 7.99. The topological polar surface area (TPSA) is 69.0 Å². The van der Waals surface area contributed by atoms with Crippen LogP contribution >= 0.6 is 23.4 Å². The number of ether oxygens (including phenoxy) is 1. The van der Waals surface area contributed by atoms with Crippen LogP contribution < -0.4 is 10.1 Å². The maximum absolute atomic E-state index is 13.9. The minimum atomic E-state index is -0.454. The summed E-state index contributed by atoms with van der Waals surface area (Å²) in [4.78, 5) is 12.5. The van der Waals surface area contributed by atoms with E-state index in [1.807, 2.05) is 43.3 Å². The van der Waals surface area contributed by atoms with Gasteiger partial charge in [0, 0.05) is 5.69 Å². The number of aromatic nitrogens is 3. The van der Waals surface area contributed by atoms with Crippen LogP contribution in [-0.4, -0.2) is 26.4 Å². The molecule has 0 saturated heterocycles. The number of hydrogen-bond donors (Lipinski definition) is 1. The molecule has 0 radical (unpaired) electrons. The van der Waals surface area contributed by atoms with E-state index in [2.05, 4.69) is 15.5 Å². The van der Waals surface area contributed by atoms with Gasteiger partial charge in [0.1, 0.15) is 6.61 Å². The molecule has 0 unspecified atom stereocenters. The van der Waals surface area contributed by atoms with Crippen LogP contribution in [0.2, 0.25) is 5.02 Å². The quantitative estimate of drug-likeness (QED) is 0.327. The number of benzene rings is 3. The summed E-state index contributed by atoms with van der Waals surface area (Å²) in [5, 5.41) is 12.2. The average Bonchev–Trinajstić information content (AvgIpc) is 3.22. The lowest BCUT2D eigenvalue weighted by Crippen LogP contribution is -2.15. The summed E-state index contributed by atoms with van der Waals surface area (Å²) in [6.07, 6.45) is 0. The first-order valence-corrected chi connectivity index (χ1v) is 11.4. The van der Waals surface area contributed by atoms with Gasteiger partial charge < -0.3 is 10.1 Å². The molecule has 0 aliphatic carbocycles. The molecule has 1 amide bonds. The Bertz CT molecular complexity index is 1270. The van der Waals surface area contributed by atoms with Crippen molar-refractivity contribution in [1.29, 1.82) is 0 Å². The number of thioether (sulfide) groups is 1. The molecule has 0 bridgehead atoms. The van der Waals surface area contributed by atoms with Gasteiger partial charge in [0.25, 0.3) is 0 Å². The zero-order valence-corrected chi connectivity index (χ0v) is 19.2. The number of aryl methyl sites for hydroxylation is 1. The maximum atomic E-state index is 13.9. The van der Waals surface area contributed by atoms with Crippen molar-refractivity contribution in [2.24, 2.45) is 0 Å². The predicted octanol–water partition coefficient (Wildman–Crippen LogP) is 5.68. The van der Waals surface area contributed by atoms with Gasteiger partial charge in [-0.25, -0.2) is 4.39 Å². The molecule has 9 heteroatoms. The zero-order valence-electron chi connectivity index (χ0n) is 17.7. The van der Waals surface area contributed by atoms with Crippen molar-refractivity contribution in [1.82, 2.24) is 14.8 Å². The van der Waals surface area contributed by atoms with Crippen LogP contribution in [0.25, 0.3) is 5.69 Å². The summed E-state index contributed by atoms with van der Waals surface area (Å²) in [6.45, 7) is 1.94. The number of carbonyl (C=O) groups is 1. The van der Waals surface area contributed by atoms with E-state index in [0.29, 0.717) is 21.7 Å². The molecule has 0 saturated carbocycles. The molecule has 0 spiro atoms. The third kappa shape index (κ3) is 5.71. The number of nitrogens with zero attached hydrogens (tertiary/aromatic N) is 3. The molecule has 4 aromatic rings. The number of nitrogens with one attached hydrogen (secondary N) is 1. The summed E-state index contributed by atoms with van der Waals surface area (Å²) in [7, 11) is 0. The Labute approximate surface area is 199 Å². The third-order valence-corrected chi connectivity index (χ3v) is 5.88. The number of halogens is 2. The first-order chi connectivity index (χ1) is 16.0. The van der Waals surface area contributed by atoms with Crippen molar-refractivity contribution in [3.05, 3.63) is 95.0 Å². The van der Waals surface area contributed by atoms with Crippen molar-refractivity contribution in [3.63, 3.8) is 0 Å². The van der Waals surface area contributed by atoms with Crippen LogP contribution in [0.3, 0.4) is 0 Å². The molecule has 3 aromatic carbocycles. The highest BCUT2D eigenvalue weighted by Crippen LogP contribution is 2.26. The Kier molecular flexibility index (Phi) is 7.26. The van der Waals surface area contributed by atoms with Gasteiger partial charge in [-0.2, -0.15) is 0 Å². The Morgan fingerprint density at radius 2 is 1.85 bits per heavy atom. The molecule has 0 aliphatic heterocycles. The second-order valence-electron chi connectivity index (χ2n) is 7.11. The van der Waals surface area contributed by atoms with Crippen LogP contribution in [0, 0.1) is 12.7 Å². The molecule has 0 atom stereocenters. The summed E-state index contributed by atoms with van der Waals surface area (Å²) >= 11 is 7.44. The largest absolute Gasteiger partial charge is 0.483 e. The van der Waals surface area contributed by atoms with Gasteiger partial charge in [0.05, 0.1) is 16.5 Å². The number of carbonyl (C=O) groups excluding carboxylic acids is 1. The molecule has 4 rings (SSSR count). The Morgan fingerprint density at radius 1 is 1.09 bits per heavy atom. The molecule has 6 nitrogen and oxygen atoms in total. The van der Waals surface area contributed by atoms with Crippen LogP contribution in [0.15, 0.2) is 78.0 Å².